The van der Waals surface area contributed by atoms with E-state index in [1.54, 1.807) is 20.3 Å². The lowest BCUT2D eigenvalue weighted by molar-refractivity contribution is 0.100. The summed E-state index contributed by atoms with van der Waals surface area (Å²) in [6.07, 6.45) is 1.49. The van der Waals surface area contributed by atoms with Gasteiger partial charge in [-0.1, -0.05) is 12.1 Å². The first-order valence-corrected chi connectivity index (χ1v) is 9.18. The molecule has 1 aromatic heterocycles. The molecule has 0 spiro atoms. The number of nitrogens with two attached hydrogens (primary N) is 1. The van der Waals surface area contributed by atoms with Gasteiger partial charge in [-0.2, -0.15) is 0 Å². The van der Waals surface area contributed by atoms with Gasteiger partial charge in [0.05, 0.1) is 31.2 Å². The number of methoxy groups -OCH3 is 2. The summed E-state index contributed by atoms with van der Waals surface area (Å²) in [6.45, 7) is 2.60. The SMILES string of the molecule is CCN(c1ccccc1OC)c1cc(Nc2ccc(OC)cc2)ncc1C(N)=O. The largest absolute Gasteiger partial charge is 0.497 e. The van der Waals surface area contributed by atoms with Crippen molar-refractivity contribution in [2.75, 3.05) is 31.0 Å². The van der Waals surface area contributed by atoms with Crippen LogP contribution in [0.15, 0.2) is 60.8 Å². The normalized spacial score (nSPS) is 10.3. The van der Waals surface area contributed by atoms with E-state index in [9.17, 15) is 4.79 Å². The molecule has 3 rings (SSSR count). The third-order valence-electron chi connectivity index (χ3n) is 4.49. The number of carbonyl (C=O) groups excluding carboxylic acids is 1. The third-order valence-corrected chi connectivity index (χ3v) is 4.49. The quantitative estimate of drug-likeness (QED) is 0.600. The number of amides is 1. The van der Waals surface area contributed by atoms with Gasteiger partial charge in [0.2, 0.25) is 0 Å². The van der Waals surface area contributed by atoms with Gasteiger partial charge in [0.15, 0.2) is 0 Å². The van der Waals surface area contributed by atoms with Crippen molar-refractivity contribution < 1.29 is 14.3 Å². The van der Waals surface area contributed by atoms with E-state index >= 15 is 0 Å². The van der Waals surface area contributed by atoms with Crippen molar-refractivity contribution in [1.29, 1.82) is 0 Å². The molecule has 3 N–H and O–H groups in total. The zero-order chi connectivity index (χ0) is 20.8. The molecule has 0 bridgehead atoms. The number of hydrogen-bond donors (Lipinski definition) is 2. The maximum atomic E-state index is 12.1. The maximum Gasteiger partial charge on any atom is 0.252 e. The van der Waals surface area contributed by atoms with E-state index in [-0.39, 0.29) is 0 Å². The molecule has 0 saturated carbocycles. The Labute approximate surface area is 170 Å². The Bertz CT molecular complexity index is 990. The van der Waals surface area contributed by atoms with E-state index in [0.29, 0.717) is 29.4 Å². The van der Waals surface area contributed by atoms with Gasteiger partial charge in [-0.05, 0) is 43.3 Å². The summed E-state index contributed by atoms with van der Waals surface area (Å²) in [5.74, 6) is 1.51. The molecule has 2 aromatic carbocycles. The molecule has 0 aliphatic heterocycles. The fourth-order valence-electron chi connectivity index (χ4n) is 3.07. The smallest absolute Gasteiger partial charge is 0.252 e. The average molecular weight is 392 g/mol. The standard InChI is InChI=1S/C22H24N4O3/c1-4-26(18-7-5-6-8-20(18)29-3)19-13-21(24-14-17(19)22(23)27)25-15-9-11-16(28-2)12-10-15/h5-14H,4H2,1-3H3,(H2,23,27)(H,24,25). The molecule has 0 atom stereocenters. The van der Waals surface area contributed by atoms with Gasteiger partial charge in [-0.25, -0.2) is 4.98 Å². The molecule has 0 fully saturated rings. The molecule has 7 heteroatoms. The van der Waals surface area contributed by atoms with E-state index in [2.05, 4.69) is 10.3 Å². The van der Waals surface area contributed by atoms with Crippen LogP contribution in [0.25, 0.3) is 0 Å². The number of ether oxygens (including phenoxy) is 2. The van der Waals surface area contributed by atoms with Crippen molar-refractivity contribution in [2.24, 2.45) is 5.73 Å². The molecule has 3 aromatic rings. The Kier molecular flexibility index (Phi) is 6.19. The molecule has 0 radical (unpaired) electrons. The number of hydrogen-bond acceptors (Lipinski definition) is 6. The molecular weight excluding hydrogens is 368 g/mol. The number of nitrogens with zero attached hydrogens (tertiary/aromatic N) is 2. The summed E-state index contributed by atoms with van der Waals surface area (Å²) in [6, 6.07) is 16.9. The number of anilines is 4. The molecule has 0 saturated heterocycles. The second-order valence-electron chi connectivity index (χ2n) is 6.22. The Morgan fingerprint density at radius 3 is 2.41 bits per heavy atom. The van der Waals surface area contributed by atoms with Crippen LogP contribution in [0.4, 0.5) is 22.9 Å². The molecular formula is C22H24N4O3. The van der Waals surface area contributed by atoms with Crippen molar-refractivity contribution in [1.82, 2.24) is 4.98 Å². The minimum atomic E-state index is -0.545. The second kappa shape index (κ2) is 8.97. The summed E-state index contributed by atoms with van der Waals surface area (Å²) in [5, 5.41) is 3.24. The summed E-state index contributed by atoms with van der Waals surface area (Å²) in [5.41, 5.74) is 8.28. The van der Waals surface area contributed by atoms with Gasteiger partial charge < -0.3 is 25.4 Å². The van der Waals surface area contributed by atoms with Crippen LogP contribution in [0.5, 0.6) is 11.5 Å². The van der Waals surface area contributed by atoms with Crippen LogP contribution >= 0.6 is 0 Å². The van der Waals surface area contributed by atoms with E-state index in [0.717, 1.165) is 17.1 Å². The Balaban J connectivity index is 2.02. The van der Waals surface area contributed by atoms with Gasteiger partial charge in [-0.15, -0.1) is 0 Å². The van der Waals surface area contributed by atoms with Gasteiger partial charge in [-0.3, -0.25) is 4.79 Å². The zero-order valence-corrected chi connectivity index (χ0v) is 16.7. The highest BCUT2D eigenvalue weighted by Crippen LogP contribution is 2.36. The third kappa shape index (κ3) is 4.40. The Morgan fingerprint density at radius 1 is 1.07 bits per heavy atom. The van der Waals surface area contributed by atoms with Crippen molar-refractivity contribution >= 4 is 28.8 Å². The average Bonchev–Trinajstić information content (AvgIpc) is 2.75. The summed E-state index contributed by atoms with van der Waals surface area (Å²) in [7, 11) is 3.24. The number of pyridine rings is 1. The lowest BCUT2D eigenvalue weighted by atomic mass is 10.1. The molecule has 0 unspecified atom stereocenters. The van der Waals surface area contributed by atoms with E-state index in [4.69, 9.17) is 15.2 Å². The molecule has 0 aliphatic carbocycles. The zero-order valence-electron chi connectivity index (χ0n) is 16.7. The molecule has 1 amide bonds. The number of para-hydroxylation sites is 2. The number of carbonyl (C=O) groups is 1. The fourth-order valence-corrected chi connectivity index (χ4v) is 3.07. The van der Waals surface area contributed by atoms with Gasteiger partial charge >= 0.3 is 0 Å². The number of benzene rings is 2. The predicted octanol–water partition coefficient (Wildman–Crippen LogP) is 4.10. The first kappa shape index (κ1) is 20.0. The minimum Gasteiger partial charge on any atom is -0.497 e. The Hall–Kier alpha value is -3.74. The first-order valence-electron chi connectivity index (χ1n) is 9.18. The number of aromatic nitrogens is 1. The summed E-state index contributed by atoms with van der Waals surface area (Å²) in [4.78, 5) is 18.4. The van der Waals surface area contributed by atoms with Crippen molar-refractivity contribution in [3.8, 4) is 11.5 Å². The molecule has 150 valence electrons. The van der Waals surface area contributed by atoms with Crippen molar-refractivity contribution in [3.05, 3.63) is 66.4 Å². The van der Waals surface area contributed by atoms with Crippen LogP contribution in [0.2, 0.25) is 0 Å². The van der Waals surface area contributed by atoms with Crippen LogP contribution in [-0.4, -0.2) is 31.7 Å². The van der Waals surface area contributed by atoms with E-state index < -0.39 is 5.91 Å². The monoisotopic (exact) mass is 392 g/mol. The predicted molar refractivity (Wildman–Crippen MR) is 115 cm³/mol. The molecule has 29 heavy (non-hydrogen) atoms. The van der Waals surface area contributed by atoms with Crippen LogP contribution in [0, 0.1) is 0 Å². The van der Waals surface area contributed by atoms with Crippen LogP contribution < -0.4 is 25.4 Å². The van der Waals surface area contributed by atoms with E-state index in [1.165, 1.54) is 6.20 Å². The molecule has 1 heterocycles. The summed E-state index contributed by atoms with van der Waals surface area (Å²) < 4.78 is 10.7. The highest BCUT2D eigenvalue weighted by Gasteiger charge is 2.19. The van der Waals surface area contributed by atoms with Crippen LogP contribution in [0.3, 0.4) is 0 Å². The lowest BCUT2D eigenvalue weighted by Crippen LogP contribution is -2.23. The highest BCUT2D eigenvalue weighted by atomic mass is 16.5. The first-order chi connectivity index (χ1) is 14.1. The fraction of sp³-hybridized carbons (Fsp3) is 0.182. The Morgan fingerprint density at radius 2 is 1.79 bits per heavy atom. The van der Waals surface area contributed by atoms with E-state index in [1.807, 2.05) is 60.4 Å². The lowest BCUT2D eigenvalue weighted by Gasteiger charge is -2.27. The second-order valence-corrected chi connectivity index (χ2v) is 6.22. The minimum absolute atomic E-state index is 0.332. The van der Waals surface area contributed by atoms with Crippen LogP contribution in [0.1, 0.15) is 17.3 Å². The maximum absolute atomic E-state index is 12.1. The molecule has 7 nitrogen and oxygen atoms in total. The summed E-state index contributed by atoms with van der Waals surface area (Å²) >= 11 is 0. The van der Waals surface area contributed by atoms with Gasteiger partial charge in [0.1, 0.15) is 17.3 Å². The number of rotatable bonds is 8. The van der Waals surface area contributed by atoms with Gasteiger partial charge in [0.25, 0.3) is 5.91 Å². The van der Waals surface area contributed by atoms with Crippen molar-refractivity contribution in [2.45, 2.75) is 6.92 Å². The number of primary amides is 1. The highest BCUT2D eigenvalue weighted by molar-refractivity contribution is 6.00. The van der Waals surface area contributed by atoms with Crippen LogP contribution in [-0.2, 0) is 0 Å². The topological polar surface area (TPSA) is 89.7 Å². The van der Waals surface area contributed by atoms with Crippen molar-refractivity contribution in [3.63, 3.8) is 0 Å². The molecule has 0 aliphatic rings. The van der Waals surface area contributed by atoms with Gasteiger partial charge in [0, 0.05) is 24.5 Å². The number of nitrogens with one attached hydrogen (secondary N) is 1.